The monoisotopic (exact) mass is 310 g/mol. The second-order valence-corrected chi connectivity index (χ2v) is 6.18. The molecule has 0 fully saturated rings. The van der Waals surface area contributed by atoms with E-state index in [0.717, 1.165) is 0 Å². The largest absolute Gasteiger partial charge is 0.493 e. The lowest BCUT2D eigenvalue weighted by molar-refractivity contribution is -0.145. The summed E-state index contributed by atoms with van der Waals surface area (Å²) >= 11 is 0. The zero-order valence-electron chi connectivity index (χ0n) is 13.4. The smallest absolute Gasteiger partial charge is 0.410 e. The fourth-order valence-electron chi connectivity index (χ4n) is 2.30. The van der Waals surface area contributed by atoms with Gasteiger partial charge in [0.15, 0.2) is 0 Å². The molecule has 0 aromatic heterocycles. The predicted molar refractivity (Wildman–Crippen MR) is 79.4 cm³/mol. The predicted octanol–water partition coefficient (Wildman–Crippen LogP) is 1.73. The van der Waals surface area contributed by atoms with Crippen LogP contribution in [0.25, 0.3) is 0 Å². The number of amides is 1. The van der Waals surface area contributed by atoms with Gasteiger partial charge in [0.05, 0.1) is 25.9 Å². The number of esters is 1. The number of carbonyl (C=O) groups excluding carboxylic acids is 2. The molecule has 122 valence electrons. The molecule has 7 heteroatoms. The third-order valence-corrected chi connectivity index (χ3v) is 3.29. The van der Waals surface area contributed by atoms with E-state index in [1.54, 1.807) is 6.21 Å². The van der Waals surface area contributed by atoms with Crippen LogP contribution in [0.15, 0.2) is 16.4 Å². The van der Waals surface area contributed by atoms with Gasteiger partial charge in [0.1, 0.15) is 23.9 Å². The number of hydrogen-bond donors (Lipinski definition) is 0. The molecule has 0 radical (unpaired) electrons. The van der Waals surface area contributed by atoms with Crippen molar-refractivity contribution >= 4 is 18.3 Å². The molecule has 2 aliphatic rings. The summed E-state index contributed by atoms with van der Waals surface area (Å²) in [4.78, 5) is 29.8. The molecule has 0 N–H and O–H groups in total. The van der Waals surface area contributed by atoms with E-state index < -0.39 is 17.6 Å². The molecular formula is C15H22N2O5. The van der Waals surface area contributed by atoms with Crippen LogP contribution in [-0.4, -0.2) is 55.6 Å². The van der Waals surface area contributed by atoms with Crippen LogP contribution in [0.2, 0.25) is 0 Å². The van der Waals surface area contributed by atoms with Crippen molar-refractivity contribution < 1.29 is 23.8 Å². The highest BCUT2D eigenvalue weighted by Crippen LogP contribution is 2.28. The van der Waals surface area contributed by atoms with Crippen LogP contribution in [0.3, 0.4) is 0 Å². The summed E-state index contributed by atoms with van der Waals surface area (Å²) in [5, 5.41) is 0. The summed E-state index contributed by atoms with van der Waals surface area (Å²) in [5.74, 6) is -0.346. The average molecular weight is 310 g/mol. The van der Waals surface area contributed by atoms with Crippen LogP contribution >= 0.6 is 0 Å². The number of aliphatic imine (C=N–C) groups is 1. The molecule has 1 unspecified atom stereocenters. The van der Waals surface area contributed by atoms with E-state index in [1.165, 1.54) is 12.0 Å². The number of hydrogen-bond acceptors (Lipinski definition) is 6. The molecule has 2 heterocycles. The van der Waals surface area contributed by atoms with Crippen LogP contribution < -0.4 is 0 Å². The second-order valence-electron chi connectivity index (χ2n) is 6.18. The molecule has 0 saturated carbocycles. The lowest BCUT2D eigenvalue weighted by Crippen LogP contribution is -2.38. The van der Waals surface area contributed by atoms with Crippen LogP contribution in [0.1, 0.15) is 27.2 Å². The van der Waals surface area contributed by atoms with Gasteiger partial charge in [0.2, 0.25) is 0 Å². The first-order valence-corrected chi connectivity index (χ1v) is 7.26. The second kappa shape index (κ2) is 6.37. The summed E-state index contributed by atoms with van der Waals surface area (Å²) in [7, 11) is 1.35. The molecule has 0 aliphatic carbocycles. The van der Waals surface area contributed by atoms with E-state index in [2.05, 4.69) is 4.99 Å². The van der Waals surface area contributed by atoms with Gasteiger partial charge >= 0.3 is 12.1 Å². The molecule has 0 spiro atoms. The highest BCUT2D eigenvalue weighted by atomic mass is 16.6. The van der Waals surface area contributed by atoms with Gasteiger partial charge < -0.3 is 14.2 Å². The standard InChI is InChI=1S/C15H22N2O5/c1-15(2,3)22-14(19)17-7-8-21-12-10(13(18)20-4)5-6-16-11(12)9-17/h6,10H,5,7-9H2,1-4H3. The van der Waals surface area contributed by atoms with Crippen LogP contribution in [0.4, 0.5) is 4.79 Å². The fraction of sp³-hybridized carbons (Fsp3) is 0.667. The Labute approximate surface area is 129 Å². The zero-order valence-corrected chi connectivity index (χ0v) is 13.4. The van der Waals surface area contributed by atoms with Crippen molar-refractivity contribution in [2.45, 2.75) is 32.8 Å². The van der Waals surface area contributed by atoms with Crippen LogP contribution in [-0.2, 0) is 19.0 Å². The van der Waals surface area contributed by atoms with Gasteiger partial charge in [-0.25, -0.2) is 4.79 Å². The maximum absolute atomic E-state index is 12.2. The first-order chi connectivity index (χ1) is 10.3. The van der Waals surface area contributed by atoms with Crippen molar-refractivity contribution in [1.29, 1.82) is 0 Å². The molecule has 1 amide bonds. The molecular weight excluding hydrogens is 288 g/mol. The summed E-state index contributed by atoms with van der Waals surface area (Å²) in [6.07, 6.45) is 1.68. The van der Waals surface area contributed by atoms with E-state index >= 15 is 0 Å². The van der Waals surface area contributed by atoms with E-state index in [-0.39, 0.29) is 12.5 Å². The highest BCUT2D eigenvalue weighted by Gasteiger charge is 2.34. The summed E-state index contributed by atoms with van der Waals surface area (Å²) in [5.41, 5.74) is 0.0104. The van der Waals surface area contributed by atoms with Gasteiger partial charge in [-0.2, -0.15) is 0 Å². The Morgan fingerprint density at radius 1 is 1.41 bits per heavy atom. The molecule has 2 aliphatic heterocycles. The van der Waals surface area contributed by atoms with Crippen LogP contribution in [0.5, 0.6) is 0 Å². The number of methoxy groups -OCH3 is 1. The van der Waals surface area contributed by atoms with Crippen molar-refractivity contribution in [1.82, 2.24) is 4.90 Å². The first-order valence-electron chi connectivity index (χ1n) is 7.26. The van der Waals surface area contributed by atoms with Gasteiger partial charge in [-0.15, -0.1) is 0 Å². The van der Waals surface area contributed by atoms with E-state index in [9.17, 15) is 9.59 Å². The van der Waals surface area contributed by atoms with Gasteiger partial charge in [-0.3, -0.25) is 14.7 Å². The Morgan fingerprint density at radius 2 is 2.14 bits per heavy atom. The maximum Gasteiger partial charge on any atom is 0.410 e. The molecule has 0 bridgehead atoms. The number of carbonyl (C=O) groups is 2. The SMILES string of the molecule is COC(=O)C1CC=NC2=C1OCCN(C(=O)OC(C)(C)C)C2. The maximum atomic E-state index is 12.2. The molecule has 0 saturated heterocycles. The van der Waals surface area contributed by atoms with Gasteiger partial charge in [0.25, 0.3) is 0 Å². The van der Waals surface area contributed by atoms with Crippen molar-refractivity contribution in [2.75, 3.05) is 26.8 Å². The Balaban J connectivity index is 2.16. The van der Waals surface area contributed by atoms with Gasteiger partial charge in [-0.05, 0) is 20.8 Å². The Hall–Kier alpha value is -2.05. The van der Waals surface area contributed by atoms with E-state index in [4.69, 9.17) is 14.2 Å². The quantitative estimate of drug-likeness (QED) is 0.689. The summed E-state index contributed by atoms with van der Waals surface area (Å²) < 4.78 is 15.8. The number of ether oxygens (including phenoxy) is 3. The lowest BCUT2D eigenvalue weighted by Gasteiger charge is -2.26. The average Bonchev–Trinajstić information content (AvgIpc) is 2.66. The number of rotatable bonds is 1. The van der Waals surface area contributed by atoms with E-state index in [0.29, 0.717) is 31.0 Å². The molecule has 22 heavy (non-hydrogen) atoms. The van der Waals surface area contributed by atoms with Crippen molar-refractivity contribution in [2.24, 2.45) is 10.9 Å². The lowest BCUT2D eigenvalue weighted by atomic mass is 10.00. The Kier molecular flexibility index (Phi) is 4.73. The van der Waals surface area contributed by atoms with Crippen molar-refractivity contribution in [3.63, 3.8) is 0 Å². The minimum absolute atomic E-state index is 0.258. The topological polar surface area (TPSA) is 77.4 Å². The third kappa shape index (κ3) is 3.78. The Morgan fingerprint density at radius 3 is 2.77 bits per heavy atom. The zero-order chi connectivity index (χ0) is 16.3. The fourth-order valence-corrected chi connectivity index (χ4v) is 2.30. The molecule has 0 aromatic rings. The highest BCUT2D eigenvalue weighted by molar-refractivity contribution is 5.81. The van der Waals surface area contributed by atoms with Crippen molar-refractivity contribution in [3.8, 4) is 0 Å². The molecule has 2 rings (SSSR count). The third-order valence-electron chi connectivity index (χ3n) is 3.29. The van der Waals surface area contributed by atoms with Gasteiger partial charge in [0, 0.05) is 12.6 Å². The van der Waals surface area contributed by atoms with Gasteiger partial charge in [-0.1, -0.05) is 0 Å². The summed E-state index contributed by atoms with van der Waals surface area (Å²) in [6.45, 7) is 6.38. The first kappa shape index (κ1) is 16.3. The Bertz CT molecular complexity index is 519. The summed E-state index contributed by atoms with van der Waals surface area (Å²) in [6, 6.07) is 0. The normalized spacial score (nSPS) is 21.6. The minimum atomic E-state index is -0.564. The van der Waals surface area contributed by atoms with Crippen molar-refractivity contribution in [3.05, 3.63) is 11.5 Å². The minimum Gasteiger partial charge on any atom is -0.493 e. The molecule has 1 atom stereocenters. The number of nitrogens with zero attached hydrogens (tertiary/aromatic N) is 2. The molecule has 7 nitrogen and oxygen atoms in total. The molecule has 0 aromatic carbocycles. The van der Waals surface area contributed by atoms with Crippen LogP contribution in [0, 0.1) is 5.92 Å². The van der Waals surface area contributed by atoms with E-state index in [1.807, 2.05) is 20.8 Å².